The zero-order chi connectivity index (χ0) is 15.8. The van der Waals surface area contributed by atoms with E-state index in [4.69, 9.17) is 5.11 Å². The van der Waals surface area contributed by atoms with Gasteiger partial charge in [-0.2, -0.15) is 0 Å². The first-order chi connectivity index (χ1) is 10.1. The fraction of sp³-hybridized carbons (Fsp3) is 0.533. The van der Waals surface area contributed by atoms with Gasteiger partial charge in [0.1, 0.15) is 0 Å². The van der Waals surface area contributed by atoms with E-state index in [1.165, 1.54) is 18.6 Å². The third-order valence-corrected chi connectivity index (χ3v) is 3.41. The Morgan fingerprint density at radius 1 is 1.29 bits per heavy atom. The molecular formula is C15H22N2O4. The number of nitro groups is 1. The van der Waals surface area contributed by atoms with E-state index < -0.39 is 10.9 Å². The molecule has 0 atom stereocenters. The summed E-state index contributed by atoms with van der Waals surface area (Å²) in [5.74, 6) is -1.15. The zero-order valence-corrected chi connectivity index (χ0v) is 12.5. The van der Waals surface area contributed by atoms with E-state index in [0.717, 1.165) is 31.7 Å². The number of hydrogen-bond donors (Lipinski definition) is 2. The van der Waals surface area contributed by atoms with E-state index in [9.17, 15) is 14.9 Å². The van der Waals surface area contributed by atoms with Crippen LogP contribution in [0.15, 0.2) is 18.2 Å². The third-order valence-electron chi connectivity index (χ3n) is 3.41. The Morgan fingerprint density at radius 2 is 1.90 bits per heavy atom. The van der Waals surface area contributed by atoms with Gasteiger partial charge >= 0.3 is 5.97 Å². The quantitative estimate of drug-likeness (QED) is 0.645. The molecule has 1 aromatic carbocycles. The molecule has 0 radical (unpaired) electrons. The monoisotopic (exact) mass is 294 g/mol. The molecule has 2 N–H and O–H groups in total. The number of aromatic carboxylic acids is 1. The van der Waals surface area contributed by atoms with Crippen molar-refractivity contribution in [1.29, 1.82) is 0 Å². The highest BCUT2D eigenvalue weighted by atomic mass is 16.6. The highest BCUT2D eigenvalue weighted by Crippen LogP contribution is 2.26. The standard InChI is InChI=1S/C13H16N2O4.C2H6/c16-13(17)11-8-10(15(18)19)6-7-12(11)14-9-4-2-1-3-5-9;1-2/h6-9,14H,1-5H2,(H,16,17);1-2H3. The number of carboxylic acids is 1. The maximum absolute atomic E-state index is 11.2. The Hall–Kier alpha value is -2.11. The fourth-order valence-corrected chi connectivity index (χ4v) is 2.42. The van der Waals surface area contributed by atoms with Crippen LogP contribution in [0, 0.1) is 10.1 Å². The van der Waals surface area contributed by atoms with Gasteiger partial charge in [0, 0.05) is 23.9 Å². The second-order valence-corrected chi connectivity index (χ2v) is 4.77. The smallest absolute Gasteiger partial charge is 0.338 e. The van der Waals surface area contributed by atoms with Gasteiger partial charge in [-0.05, 0) is 18.9 Å². The van der Waals surface area contributed by atoms with E-state index in [1.54, 1.807) is 0 Å². The molecule has 1 aliphatic rings. The maximum Gasteiger partial charge on any atom is 0.338 e. The number of non-ortho nitro benzene ring substituents is 1. The normalized spacial score (nSPS) is 14.8. The lowest BCUT2D eigenvalue weighted by Crippen LogP contribution is -2.23. The number of carbonyl (C=O) groups is 1. The molecule has 1 saturated carbocycles. The van der Waals surface area contributed by atoms with Crippen molar-refractivity contribution >= 4 is 17.3 Å². The first-order valence-electron chi connectivity index (χ1n) is 7.36. The fourth-order valence-electron chi connectivity index (χ4n) is 2.42. The Kier molecular flexibility index (Phi) is 6.65. The van der Waals surface area contributed by atoms with Crippen LogP contribution in [0.3, 0.4) is 0 Å². The van der Waals surface area contributed by atoms with Crippen LogP contribution in [0.2, 0.25) is 0 Å². The van der Waals surface area contributed by atoms with Gasteiger partial charge in [0.25, 0.3) is 5.69 Å². The van der Waals surface area contributed by atoms with Crippen LogP contribution in [0.5, 0.6) is 0 Å². The summed E-state index contributed by atoms with van der Waals surface area (Å²) in [6.07, 6.45) is 5.50. The van der Waals surface area contributed by atoms with Gasteiger partial charge in [0.15, 0.2) is 0 Å². The molecule has 2 rings (SSSR count). The van der Waals surface area contributed by atoms with Gasteiger partial charge < -0.3 is 10.4 Å². The minimum atomic E-state index is -1.15. The van der Waals surface area contributed by atoms with Crippen molar-refractivity contribution in [1.82, 2.24) is 0 Å². The largest absolute Gasteiger partial charge is 0.478 e. The molecule has 0 unspecified atom stereocenters. The summed E-state index contributed by atoms with van der Waals surface area (Å²) < 4.78 is 0. The summed E-state index contributed by atoms with van der Waals surface area (Å²) in [6.45, 7) is 4.00. The molecule has 1 fully saturated rings. The maximum atomic E-state index is 11.2. The van der Waals surface area contributed by atoms with Crippen LogP contribution < -0.4 is 5.32 Å². The number of nitro benzene ring substituents is 1. The van der Waals surface area contributed by atoms with Gasteiger partial charge in [-0.3, -0.25) is 10.1 Å². The first kappa shape index (κ1) is 16.9. The van der Waals surface area contributed by atoms with Crippen molar-refractivity contribution in [3.8, 4) is 0 Å². The van der Waals surface area contributed by atoms with Crippen LogP contribution in [-0.4, -0.2) is 22.0 Å². The molecule has 0 aliphatic heterocycles. The highest BCUT2D eigenvalue weighted by molar-refractivity contribution is 5.95. The minimum absolute atomic E-state index is 0.0419. The van der Waals surface area contributed by atoms with Crippen LogP contribution in [-0.2, 0) is 0 Å². The number of hydrogen-bond acceptors (Lipinski definition) is 4. The lowest BCUT2D eigenvalue weighted by Gasteiger charge is -2.24. The predicted molar refractivity (Wildman–Crippen MR) is 81.9 cm³/mol. The van der Waals surface area contributed by atoms with E-state index in [2.05, 4.69) is 5.32 Å². The van der Waals surface area contributed by atoms with Gasteiger partial charge in [-0.15, -0.1) is 0 Å². The van der Waals surface area contributed by atoms with Crippen LogP contribution in [0.4, 0.5) is 11.4 Å². The summed E-state index contributed by atoms with van der Waals surface area (Å²) in [4.78, 5) is 21.3. The summed E-state index contributed by atoms with van der Waals surface area (Å²) in [5.41, 5.74) is 0.219. The number of benzene rings is 1. The summed E-state index contributed by atoms with van der Waals surface area (Å²) in [7, 11) is 0. The van der Waals surface area contributed by atoms with Gasteiger partial charge in [-0.1, -0.05) is 33.1 Å². The Bertz CT molecular complexity index is 496. The molecule has 6 heteroatoms. The van der Waals surface area contributed by atoms with Crippen molar-refractivity contribution in [3.05, 3.63) is 33.9 Å². The second-order valence-electron chi connectivity index (χ2n) is 4.77. The number of anilines is 1. The van der Waals surface area contributed by atoms with Crippen LogP contribution in [0.1, 0.15) is 56.3 Å². The molecule has 116 valence electrons. The predicted octanol–water partition coefficient (Wildman–Crippen LogP) is 4.06. The third kappa shape index (κ3) is 4.73. The average molecular weight is 294 g/mol. The number of rotatable bonds is 4. The van der Waals surface area contributed by atoms with Gasteiger partial charge in [0.2, 0.25) is 0 Å². The SMILES string of the molecule is CC.O=C(O)c1cc([N+](=O)[O-])ccc1NC1CCCCC1. The van der Waals surface area contributed by atoms with Crippen molar-refractivity contribution in [2.45, 2.75) is 52.0 Å². The van der Waals surface area contributed by atoms with Crippen molar-refractivity contribution in [2.24, 2.45) is 0 Å². The van der Waals surface area contributed by atoms with Crippen LogP contribution >= 0.6 is 0 Å². The number of carboxylic acid groups (broad SMARTS) is 1. The van der Waals surface area contributed by atoms with Gasteiger partial charge in [0.05, 0.1) is 10.5 Å². The first-order valence-corrected chi connectivity index (χ1v) is 7.36. The molecule has 1 aromatic rings. The topological polar surface area (TPSA) is 92.5 Å². The van der Waals surface area contributed by atoms with E-state index in [-0.39, 0.29) is 17.3 Å². The van der Waals surface area contributed by atoms with Crippen molar-refractivity contribution in [3.63, 3.8) is 0 Å². The summed E-state index contributed by atoms with van der Waals surface area (Å²) in [6, 6.07) is 4.18. The van der Waals surface area contributed by atoms with Crippen LogP contribution in [0.25, 0.3) is 0 Å². The molecule has 0 heterocycles. The van der Waals surface area contributed by atoms with Gasteiger partial charge in [-0.25, -0.2) is 4.79 Å². The molecule has 1 aliphatic carbocycles. The number of nitrogens with zero attached hydrogens (tertiary/aromatic N) is 1. The summed E-state index contributed by atoms with van der Waals surface area (Å²) in [5, 5.41) is 23.0. The molecule has 0 spiro atoms. The molecule has 21 heavy (non-hydrogen) atoms. The molecule has 6 nitrogen and oxygen atoms in total. The number of nitrogens with one attached hydrogen (secondary N) is 1. The van der Waals surface area contributed by atoms with E-state index >= 15 is 0 Å². The van der Waals surface area contributed by atoms with Crippen molar-refractivity contribution < 1.29 is 14.8 Å². The average Bonchev–Trinajstić information content (AvgIpc) is 2.50. The Morgan fingerprint density at radius 3 is 2.43 bits per heavy atom. The Balaban J connectivity index is 0.00000106. The summed E-state index contributed by atoms with van der Waals surface area (Å²) >= 11 is 0. The van der Waals surface area contributed by atoms with E-state index in [0.29, 0.717) is 5.69 Å². The molecule has 0 amide bonds. The zero-order valence-electron chi connectivity index (χ0n) is 12.5. The van der Waals surface area contributed by atoms with E-state index in [1.807, 2.05) is 13.8 Å². The molecule has 0 bridgehead atoms. The second kappa shape index (κ2) is 8.24. The molecule has 0 aromatic heterocycles. The highest BCUT2D eigenvalue weighted by Gasteiger charge is 2.19. The van der Waals surface area contributed by atoms with Crippen molar-refractivity contribution in [2.75, 3.05) is 5.32 Å². The Labute approximate surface area is 124 Å². The lowest BCUT2D eigenvalue weighted by molar-refractivity contribution is -0.384. The lowest BCUT2D eigenvalue weighted by atomic mass is 9.95. The molecule has 0 saturated heterocycles. The minimum Gasteiger partial charge on any atom is -0.478 e. The molecular weight excluding hydrogens is 272 g/mol.